The number of halogens is 1. The van der Waals surface area contributed by atoms with Crippen LogP contribution < -0.4 is 10.5 Å². The van der Waals surface area contributed by atoms with Crippen LogP contribution in [0.3, 0.4) is 0 Å². The van der Waals surface area contributed by atoms with Crippen LogP contribution >= 0.6 is 0 Å². The van der Waals surface area contributed by atoms with Gasteiger partial charge in [0.2, 0.25) is 5.95 Å². The Labute approximate surface area is 180 Å². The Hall–Kier alpha value is -3.00. The average Bonchev–Trinajstić information content (AvgIpc) is 3.00. The maximum Gasteiger partial charge on any atom is 0.262 e. The Morgan fingerprint density at radius 3 is 2.90 bits per heavy atom. The summed E-state index contributed by atoms with van der Waals surface area (Å²) in [5.41, 5.74) is 6.51. The number of hydrogen-bond acceptors (Lipinski definition) is 6. The summed E-state index contributed by atoms with van der Waals surface area (Å²) < 4.78 is 26.6. The van der Waals surface area contributed by atoms with E-state index in [4.69, 9.17) is 20.2 Å². The lowest BCUT2D eigenvalue weighted by atomic mass is 9.66. The van der Waals surface area contributed by atoms with E-state index in [2.05, 4.69) is 4.98 Å². The largest absolute Gasteiger partial charge is 0.490 e. The zero-order valence-corrected chi connectivity index (χ0v) is 17.5. The number of nitrogens with zero attached hydrogens (tertiary/aromatic N) is 3. The Morgan fingerprint density at radius 2 is 2.19 bits per heavy atom. The van der Waals surface area contributed by atoms with Gasteiger partial charge in [0.15, 0.2) is 11.5 Å². The number of aliphatic imine (C=N–C) groups is 1. The van der Waals surface area contributed by atoms with Crippen molar-refractivity contribution in [3.05, 3.63) is 48.0 Å². The van der Waals surface area contributed by atoms with Crippen molar-refractivity contribution in [3.63, 3.8) is 0 Å². The molecular weight excluding hydrogens is 399 g/mol. The number of hydrogen-bond donors (Lipinski definition) is 1. The van der Waals surface area contributed by atoms with E-state index in [0.29, 0.717) is 35.5 Å². The van der Waals surface area contributed by atoms with Gasteiger partial charge in [-0.3, -0.25) is 9.69 Å². The minimum absolute atomic E-state index is 0.0300. The highest BCUT2D eigenvalue weighted by atomic mass is 19.1. The summed E-state index contributed by atoms with van der Waals surface area (Å²) in [4.78, 5) is 23.5. The first kappa shape index (κ1) is 19.9. The van der Waals surface area contributed by atoms with Crippen molar-refractivity contribution in [3.8, 4) is 16.9 Å². The number of carbonyl (C=O) groups is 1. The third-order valence-electron chi connectivity index (χ3n) is 6.68. The van der Waals surface area contributed by atoms with Crippen LogP contribution in [-0.4, -0.2) is 47.6 Å². The fourth-order valence-corrected chi connectivity index (χ4v) is 5.21. The second-order valence-electron chi connectivity index (χ2n) is 8.31. The van der Waals surface area contributed by atoms with Crippen molar-refractivity contribution in [2.45, 2.75) is 43.9 Å². The molecule has 1 saturated carbocycles. The molecule has 0 bridgehead atoms. The standard InChI is InChI=1S/C23H25FN4O3/c1-3-30-14-7-9-19-17(12-14)23(21(29)28(2)22(25)27-23)16-11-13(6-8-18(16)31-19)15-5-4-10-26-20(15)24/h4-6,8,10-11,14,17,19H,3,7,9,12H2,1-2H3,(H2,25,27)/t14-,17-,19?,23-/m0/s1. The highest BCUT2D eigenvalue weighted by molar-refractivity contribution is 6.07. The molecule has 0 saturated heterocycles. The number of likely N-dealkylation sites (N-methyl/N-ethyl adjacent to an activating group) is 1. The quantitative estimate of drug-likeness (QED) is 0.766. The van der Waals surface area contributed by atoms with Gasteiger partial charge in [-0.1, -0.05) is 6.07 Å². The highest BCUT2D eigenvalue weighted by Crippen LogP contribution is 2.54. The Balaban J connectivity index is 1.69. The van der Waals surface area contributed by atoms with Gasteiger partial charge in [0.25, 0.3) is 5.91 Å². The SMILES string of the molecule is CCO[C@H]1CCC2Oc3ccc(-c4cccnc4F)cc3[C@]3(N=C(N)N(C)C3=O)[C@H]2C1. The van der Waals surface area contributed by atoms with E-state index in [9.17, 15) is 9.18 Å². The molecule has 2 aromatic rings. The third kappa shape index (κ3) is 2.92. The molecule has 8 heteroatoms. The van der Waals surface area contributed by atoms with E-state index < -0.39 is 11.5 Å². The lowest BCUT2D eigenvalue weighted by Crippen LogP contribution is -2.55. The lowest BCUT2D eigenvalue weighted by molar-refractivity contribution is -0.139. The van der Waals surface area contributed by atoms with Gasteiger partial charge in [-0.05, 0) is 56.0 Å². The van der Waals surface area contributed by atoms with Crippen LogP contribution in [-0.2, 0) is 15.1 Å². The van der Waals surface area contributed by atoms with E-state index in [1.165, 1.54) is 11.1 Å². The van der Waals surface area contributed by atoms with Crippen LogP contribution in [0.25, 0.3) is 11.1 Å². The molecule has 162 valence electrons. The first-order valence-electron chi connectivity index (χ1n) is 10.6. The fourth-order valence-electron chi connectivity index (χ4n) is 5.21. The molecule has 1 amide bonds. The van der Waals surface area contributed by atoms with E-state index >= 15 is 0 Å². The first-order valence-corrected chi connectivity index (χ1v) is 10.6. The van der Waals surface area contributed by atoms with Crippen molar-refractivity contribution < 1.29 is 18.7 Å². The average molecular weight is 424 g/mol. The Bertz CT molecular complexity index is 1070. The molecule has 1 aromatic carbocycles. The van der Waals surface area contributed by atoms with Gasteiger partial charge in [0.05, 0.1) is 6.10 Å². The van der Waals surface area contributed by atoms with E-state index in [0.717, 1.165) is 12.8 Å². The molecule has 5 rings (SSSR count). The third-order valence-corrected chi connectivity index (χ3v) is 6.68. The van der Waals surface area contributed by atoms with Crippen LogP contribution in [0.4, 0.5) is 4.39 Å². The van der Waals surface area contributed by atoms with Gasteiger partial charge < -0.3 is 15.2 Å². The number of nitrogens with two attached hydrogens (primary N) is 1. The molecule has 1 spiro atoms. The monoisotopic (exact) mass is 424 g/mol. The van der Waals surface area contributed by atoms with Gasteiger partial charge in [-0.25, -0.2) is 9.98 Å². The fraction of sp³-hybridized carbons (Fsp3) is 0.435. The van der Waals surface area contributed by atoms with Crippen LogP contribution in [0.15, 0.2) is 41.5 Å². The molecule has 3 heterocycles. The molecule has 4 atom stereocenters. The number of carbonyl (C=O) groups excluding carboxylic acids is 1. The molecule has 7 nitrogen and oxygen atoms in total. The minimum Gasteiger partial charge on any atom is -0.490 e. The smallest absolute Gasteiger partial charge is 0.262 e. The predicted octanol–water partition coefficient (Wildman–Crippen LogP) is 2.84. The number of guanidine groups is 1. The molecule has 1 aliphatic carbocycles. The number of aromatic nitrogens is 1. The molecule has 1 aromatic heterocycles. The van der Waals surface area contributed by atoms with Crippen molar-refractivity contribution in [1.82, 2.24) is 9.88 Å². The number of benzene rings is 1. The number of rotatable bonds is 3. The first-order chi connectivity index (χ1) is 15.0. The molecule has 31 heavy (non-hydrogen) atoms. The second-order valence-corrected chi connectivity index (χ2v) is 8.31. The van der Waals surface area contributed by atoms with Crippen molar-refractivity contribution in [2.24, 2.45) is 16.6 Å². The normalized spacial score (nSPS) is 29.4. The van der Waals surface area contributed by atoms with Gasteiger partial charge in [0.1, 0.15) is 11.9 Å². The van der Waals surface area contributed by atoms with Crippen LogP contribution in [0, 0.1) is 11.9 Å². The molecule has 2 aliphatic heterocycles. The van der Waals surface area contributed by atoms with Crippen LogP contribution in [0.2, 0.25) is 0 Å². The molecule has 1 fully saturated rings. The van der Waals surface area contributed by atoms with E-state index in [1.807, 2.05) is 6.92 Å². The summed E-state index contributed by atoms with van der Waals surface area (Å²) in [6.45, 7) is 2.57. The number of amides is 1. The summed E-state index contributed by atoms with van der Waals surface area (Å²) in [6, 6.07) is 8.72. The topological polar surface area (TPSA) is 90.0 Å². The van der Waals surface area contributed by atoms with Crippen LogP contribution in [0.1, 0.15) is 31.7 Å². The zero-order chi connectivity index (χ0) is 21.8. The molecule has 1 unspecified atom stereocenters. The van der Waals surface area contributed by atoms with E-state index in [-0.39, 0.29) is 30.0 Å². The number of pyridine rings is 1. The predicted molar refractivity (Wildman–Crippen MR) is 113 cm³/mol. The van der Waals surface area contributed by atoms with Crippen LogP contribution in [0.5, 0.6) is 5.75 Å². The highest BCUT2D eigenvalue weighted by Gasteiger charge is 2.61. The molecular formula is C23H25FN4O3. The molecule has 3 aliphatic rings. The van der Waals surface area contributed by atoms with Crippen molar-refractivity contribution in [1.29, 1.82) is 0 Å². The zero-order valence-electron chi connectivity index (χ0n) is 17.5. The number of ether oxygens (including phenoxy) is 2. The van der Waals surface area contributed by atoms with Crippen molar-refractivity contribution in [2.75, 3.05) is 13.7 Å². The maximum atomic E-state index is 14.4. The summed E-state index contributed by atoms with van der Waals surface area (Å²) in [5, 5.41) is 0. The maximum absolute atomic E-state index is 14.4. The second kappa shape index (κ2) is 7.30. The Morgan fingerprint density at radius 1 is 1.35 bits per heavy atom. The summed E-state index contributed by atoms with van der Waals surface area (Å²) in [5.74, 6) is -0.226. The molecule has 0 radical (unpaired) electrons. The van der Waals surface area contributed by atoms with Gasteiger partial charge >= 0.3 is 0 Å². The van der Waals surface area contributed by atoms with Gasteiger partial charge in [-0.2, -0.15) is 4.39 Å². The van der Waals surface area contributed by atoms with Gasteiger partial charge in [-0.15, -0.1) is 0 Å². The number of fused-ring (bicyclic) bond motifs is 4. The van der Waals surface area contributed by atoms with Gasteiger partial charge in [0, 0.05) is 36.9 Å². The summed E-state index contributed by atoms with van der Waals surface area (Å²) in [6.07, 6.45) is 3.53. The van der Waals surface area contributed by atoms with Crippen molar-refractivity contribution >= 4 is 11.9 Å². The van der Waals surface area contributed by atoms with E-state index in [1.54, 1.807) is 37.4 Å². The summed E-state index contributed by atoms with van der Waals surface area (Å²) >= 11 is 0. The molecule has 2 N–H and O–H groups in total. The summed E-state index contributed by atoms with van der Waals surface area (Å²) in [7, 11) is 1.63. The lowest BCUT2D eigenvalue weighted by Gasteiger charge is -2.47. The Kier molecular flexibility index (Phi) is 4.69. The minimum atomic E-state index is -1.21.